The van der Waals surface area contributed by atoms with E-state index in [-0.39, 0.29) is 5.54 Å². The van der Waals surface area contributed by atoms with Gasteiger partial charge in [-0.15, -0.1) is 0 Å². The average molecular weight is 409 g/mol. The van der Waals surface area contributed by atoms with Crippen molar-refractivity contribution in [3.8, 4) is 0 Å². The van der Waals surface area contributed by atoms with Crippen LogP contribution < -0.4 is 11.1 Å². The number of nitrogens with one attached hydrogen (secondary N) is 1. The normalized spacial score (nSPS) is 18.6. The van der Waals surface area contributed by atoms with E-state index in [1.807, 2.05) is 0 Å². The van der Waals surface area contributed by atoms with Gasteiger partial charge in [0, 0.05) is 18.1 Å². The summed E-state index contributed by atoms with van der Waals surface area (Å²) in [5.41, 5.74) is 6.67. The van der Waals surface area contributed by atoms with E-state index in [2.05, 4.69) is 19.2 Å². The van der Waals surface area contributed by atoms with Crippen molar-refractivity contribution in [1.82, 2.24) is 5.32 Å². The first-order chi connectivity index (χ1) is 14.3. The predicted molar refractivity (Wildman–Crippen MR) is 132 cm³/mol. The minimum Gasteiger partial charge on any atom is -0.329 e. The van der Waals surface area contributed by atoms with Crippen molar-refractivity contribution < 1.29 is 0 Å². The molecule has 0 aliphatic heterocycles. The van der Waals surface area contributed by atoms with Gasteiger partial charge in [0.15, 0.2) is 0 Å². The maximum Gasteiger partial charge on any atom is 0.0306 e. The Balaban J connectivity index is 2.60. The summed E-state index contributed by atoms with van der Waals surface area (Å²) in [6, 6.07) is 0.687. The van der Waals surface area contributed by atoms with E-state index in [0.29, 0.717) is 6.04 Å². The number of hydrogen-bond acceptors (Lipinski definition) is 2. The van der Waals surface area contributed by atoms with E-state index in [9.17, 15) is 0 Å². The molecular weight excluding hydrogens is 352 g/mol. The Kier molecular flexibility index (Phi) is 17.4. The molecule has 0 aromatic heterocycles. The molecule has 0 amide bonds. The zero-order valence-electron chi connectivity index (χ0n) is 20.4. The molecule has 1 aliphatic carbocycles. The quantitative estimate of drug-likeness (QED) is 0.267. The SMILES string of the molecule is CCCCCCCC(CCCCCCC)NC1(CN)CCCCCCCCCC1. The highest BCUT2D eigenvalue weighted by Crippen LogP contribution is 2.27. The molecule has 2 heteroatoms. The first-order valence-electron chi connectivity index (χ1n) is 13.7. The number of rotatable bonds is 15. The molecule has 0 heterocycles. The monoisotopic (exact) mass is 408 g/mol. The summed E-state index contributed by atoms with van der Waals surface area (Å²) in [6.07, 6.45) is 30.6. The third kappa shape index (κ3) is 13.8. The van der Waals surface area contributed by atoms with Crippen LogP contribution in [-0.2, 0) is 0 Å². The molecular formula is C27H56N2. The fourth-order valence-electron chi connectivity index (χ4n) is 5.23. The number of unbranched alkanes of at least 4 members (excludes halogenated alkanes) is 8. The van der Waals surface area contributed by atoms with Gasteiger partial charge in [-0.25, -0.2) is 0 Å². The van der Waals surface area contributed by atoms with Crippen molar-refractivity contribution >= 4 is 0 Å². The van der Waals surface area contributed by atoms with Crippen LogP contribution >= 0.6 is 0 Å². The highest BCUT2D eigenvalue weighted by atomic mass is 15.0. The van der Waals surface area contributed by atoms with Gasteiger partial charge in [0.05, 0.1) is 0 Å². The van der Waals surface area contributed by atoms with Crippen molar-refractivity contribution in [2.24, 2.45) is 5.73 Å². The third-order valence-corrected chi connectivity index (χ3v) is 7.27. The van der Waals surface area contributed by atoms with Gasteiger partial charge in [-0.3, -0.25) is 0 Å². The zero-order valence-corrected chi connectivity index (χ0v) is 20.4. The van der Waals surface area contributed by atoms with E-state index >= 15 is 0 Å². The first kappa shape index (κ1) is 27.0. The van der Waals surface area contributed by atoms with Gasteiger partial charge in [-0.2, -0.15) is 0 Å². The molecule has 1 aliphatic rings. The highest BCUT2D eigenvalue weighted by molar-refractivity contribution is 4.92. The van der Waals surface area contributed by atoms with E-state index in [1.165, 1.54) is 141 Å². The van der Waals surface area contributed by atoms with E-state index < -0.39 is 0 Å². The molecule has 1 fully saturated rings. The van der Waals surface area contributed by atoms with Crippen molar-refractivity contribution in [3.63, 3.8) is 0 Å². The summed E-state index contributed by atoms with van der Waals surface area (Å²) < 4.78 is 0. The Morgan fingerprint density at radius 1 is 0.621 bits per heavy atom. The first-order valence-corrected chi connectivity index (χ1v) is 13.7. The summed E-state index contributed by atoms with van der Waals surface area (Å²) in [4.78, 5) is 0. The Morgan fingerprint density at radius 3 is 1.45 bits per heavy atom. The molecule has 3 N–H and O–H groups in total. The summed E-state index contributed by atoms with van der Waals surface area (Å²) in [6.45, 7) is 5.45. The van der Waals surface area contributed by atoms with E-state index in [4.69, 9.17) is 5.73 Å². The largest absolute Gasteiger partial charge is 0.329 e. The minimum atomic E-state index is 0.210. The highest BCUT2D eigenvalue weighted by Gasteiger charge is 2.30. The Morgan fingerprint density at radius 2 is 1.03 bits per heavy atom. The molecule has 0 spiro atoms. The van der Waals surface area contributed by atoms with Crippen LogP contribution in [0.3, 0.4) is 0 Å². The topological polar surface area (TPSA) is 38.0 Å². The Bertz CT molecular complexity index is 315. The van der Waals surface area contributed by atoms with Crippen molar-refractivity contribution in [1.29, 1.82) is 0 Å². The molecule has 0 saturated heterocycles. The smallest absolute Gasteiger partial charge is 0.0306 e. The van der Waals surface area contributed by atoms with Crippen LogP contribution in [0, 0.1) is 0 Å². The fourth-order valence-corrected chi connectivity index (χ4v) is 5.23. The lowest BCUT2D eigenvalue weighted by Crippen LogP contribution is -2.55. The van der Waals surface area contributed by atoms with E-state index in [0.717, 1.165) is 6.54 Å². The van der Waals surface area contributed by atoms with Gasteiger partial charge in [-0.05, 0) is 25.7 Å². The van der Waals surface area contributed by atoms with Crippen LogP contribution in [0.25, 0.3) is 0 Å². The van der Waals surface area contributed by atoms with Crippen LogP contribution in [0.2, 0.25) is 0 Å². The minimum absolute atomic E-state index is 0.210. The summed E-state index contributed by atoms with van der Waals surface area (Å²) in [7, 11) is 0. The molecule has 0 atom stereocenters. The summed E-state index contributed by atoms with van der Waals surface area (Å²) in [5, 5.41) is 4.21. The molecule has 0 bridgehead atoms. The second-order valence-corrected chi connectivity index (χ2v) is 10.1. The van der Waals surface area contributed by atoms with Crippen LogP contribution in [-0.4, -0.2) is 18.1 Å². The van der Waals surface area contributed by atoms with Crippen molar-refractivity contribution in [3.05, 3.63) is 0 Å². The van der Waals surface area contributed by atoms with E-state index in [1.54, 1.807) is 0 Å². The molecule has 29 heavy (non-hydrogen) atoms. The number of hydrogen-bond donors (Lipinski definition) is 2. The molecule has 2 nitrogen and oxygen atoms in total. The van der Waals surface area contributed by atoms with Crippen LogP contribution in [0.4, 0.5) is 0 Å². The molecule has 0 aromatic rings. The lowest BCUT2D eigenvalue weighted by molar-refractivity contribution is 0.225. The van der Waals surface area contributed by atoms with Gasteiger partial charge >= 0.3 is 0 Å². The van der Waals surface area contributed by atoms with Gasteiger partial charge < -0.3 is 11.1 Å². The number of nitrogens with two attached hydrogens (primary N) is 1. The van der Waals surface area contributed by atoms with Gasteiger partial charge in [0.1, 0.15) is 0 Å². The summed E-state index contributed by atoms with van der Waals surface area (Å²) in [5.74, 6) is 0. The van der Waals surface area contributed by atoms with Crippen LogP contribution in [0.5, 0.6) is 0 Å². The molecule has 1 rings (SSSR count). The maximum absolute atomic E-state index is 6.46. The lowest BCUT2D eigenvalue weighted by atomic mass is 9.84. The van der Waals surface area contributed by atoms with Crippen LogP contribution in [0.15, 0.2) is 0 Å². The lowest BCUT2D eigenvalue weighted by Gasteiger charge is -2.38. The Labute approximate surface area is 184 Å². The molecule has 0 radical (unpaired) electrons. The fraction of sp³-hybridized carbons (Fsp3) is 1.00. The molecule has 1 saturated carbocycles. The zero-order chi connectivity index (χ0) is 21.0. The van der Waals surface area contributed by atoms with Crippen molar-refractivity contribution in [2.75, 3.05) is 6.54 Å². The second kappa shape index (κ2) is 18.7. The predicted octanol–water partition coefficient (Wildman–Crippen LogP) is 8.28. The van der Waals surface area contributed by atoms with Crippen LogP contribution in [0.1, 0.15) is 155 Å². The van der Waals surface area contributed by atoms with Gasteiger partial charge in [0.25, 0.3) is 0 Å². The summed E-state index contributed by atoms with van der Waals surface area (Å²) >= 11 is 0. The van der Waals surface area contributed by atoms with Crippen molar-refractivity contribution in [2.45, 2.75) is 167 Å². The molecule has 0 aromatic carbocycles. The molecule has 0 unspecified atom stereocenters. The third-order valence-electron chi connectivity index (χ3n) is 7.27. The van der Waals surface area contributed by atoms with Gasteiger partial charge in [-0.1, -0.05) is 129 Å². The Hall–Kier alpha value is -0.0800. The van der Waals surface area contributed by atoms with Gasteiger partial charge in [0.2, 0.25) is 0 Å². The maximum atomic E-state index is 6.46. The molecule has 174 valence electrons. The second-order valence-electron chi connectivity index (χ2n) is 10.1. The average Bonchev–Trinajstić information content (AvgIpc) is 2.79. The standard InChI is InChI=1S/C27H56N2/c1-3-5-7-13-17-21-26(22-18-14-8-6-4-2)29-27(25-28)23-19-15-11-9-10-12-16-20-24-27/h26,29H,3-25,28H2,1-2H3.